The molecular weight excluding hydrogens is 559 g/mol. The van der Waals surface area contributed by atoms with Crippen LogP contribution in [-0.4, -0.2) is 14.2 Å². The maximum atomic E-state index is 4.57. The molecule has 0 saturated carbocycles. The van der Waals surface area contributed by atoms with E-state index >= 15 is 0 Å². The number of para-hydroxylation sites is 2. The Labute approximate surface area is 191 Å². The zero-order valence-electron chi connectivity index (χ0n) is 16.4. The Morgan fingerprint density at radius 3 is 1.87 bits per heavy atom. The summed E-state index contributed by atoms with van der Waals surface area (Å²) in [6.45, 7) is 0. The van der Waals surface area contributed by atoms with Crippen LogP contribution in [0.15, 0.2) is 97.2 Å². The van der Waals surface area contributed by atoms with E-state index in [4.69, 9.17) is 0 Å². The van der Waals surface area contributed by atoms with E-state index in [1.54, 1.807) is 0 Å². The third-order valence-corrected chi connectivity index (χ3v) is 6.09. The van der Waals surface area contributed by atoms with Crippen molar-refractivity contribution in [1.82, 2.24) is 14.2 Å². The second-order valence-electron chi connectivity index (χ2n) is 7.66. The normalized spacial score (nSPS) is 11.6. The molecular formula is C27H16IrN3-. The Kier molecular flexibility index (Phi) is 4.01. The summed E-state index contributed by atoms with van der Waals surface area (Å²) in [7, 11) is 0. The molecule has 3 heterocycles. The topological polar surface area (TPSA) is 22.2 Å². The standard InChI is InChI=1S/C27H16N3.Ir/c1-2-8-20-19(7-1)23-17-18(13-14-26(23)30-27(20)15-16-28-30)29-24-11-5-3-9-21(24)22-10-4-6-12-25(22)29;/h1-13,15-17H;/q-1;. The van der Waals surface area contributed by atoms with Crippen LogP contribution in [0.3, 0.4) is 0 Å². The van der Waals surface area contributed by atoms with Crippen molar-refractivity contribution in [1.29, 1.82) is 0 Å². The first kappa shape index (κ1) is 18.3. The average molecular weight is 575 g/mol. The van der Waals surface area contributed by atoms with Crippen LogP contribution in [0.25, 0.3) is 54.7 Å². The Balaban J connectivity index is 0.00000185. The van der Waals surface area contributed by atoms with E-state index in [-0.39, 0.29) is 20.1 Å². The van der Waals surface area contributed by atoms with Crippen molar-refractivity contribution in [3.8, 4) is 5.69 Å². The third kappa shape index (κ3) is 2.46. The molecule has 1 radical (unpaired) electrons. The van der Waals surface area contributed by atoms with E-state index in [0.29, 0.717) is 0 Å². The molecule has 149 valence electrons. The summed E-state index contributed by atoms with van der Waals surface area (Å²) in [4.78, 5) is 0. The summed E-state index contributed by atoms with van der Waals surface area (Å²) in [5.41, 5.74) is 5.63. The van der Waals surface area contributed by atoms with Gasteiger partial charge in [-0.2, -0.15) is 17.2 Å². The number of aromatic nitrogens is 3. The summed E-state index contributed by atoms with van der Waals surface area (Å²) in [5.74, 6) is 0. The van der Waals surface area contributed by atoms with Crippen LogP contribution in [0.5, 0.6) is 0 Å². The third-order valence-electron chi connectivity index (χ3n) is 6.09. The van der Waals surface area contributed by atoms with Crippen molar-refractivity contribution in [3.05, 3.63) is 103 Å². The molecule has 0 saturated heterocycles. The first-order chi connectivity index (χ1) is 14.9. The van der Waals surface area contributed by atoms with Gasteiger partial charge in [-0.05, 0) is 29.1 Å². The molecule has 0 aliphatic carbocycles. The van der Waals surface area contributed by atoms with Crippen molar-refractivity contribution in [2.24, 2.45) is 0 Å². The Bertz CT molecular complexity index is 1700. The summed E-state index contributed by atoms with van der Waals surface area (Å²) in [6.07, 6.45) is 1.86. The van der Waals surface area contributed by atoms with Crippen LogP contribution in [0.1, 0.15) is 0 Å². The number of rotatable bonds is 1. The number of hydrogen-bond donors (Lipinski definition) is 0. The van der Waals surface area contributed by atoms with Gasteiger partial charge in [0, 0.05) is 48.1 Å². The molecule has 0 atom stereocenters. The first-order valence-electron chi connectivity index (χ1n) is 10.1. The predicted octanol–water partition coefficient (Wildman–Crippen LogP) is 6.54. The van der Waals surface area contributed by atoms with Crippen molar-refractivity contribution < 1.29 is 20.1 Å². The van der Waals surface area contributed by atoms with Crippen LogP contribution in [0.2, 0.25) is 0 Å². The summed E-state index contributed by atoms with van der Waals surface area (Å²) in [5, 5.41) is 10.7. The zero-order chi connectivity index (χ0) is 19.7. The van der Waals surface area contributed by atoms with E-state index < -0.39 is 0 Å². The molecule has 0 aliphatic heterocycles. The zero-order valence-corrected chi connectivity index (χ0v) is 18.8. The van der Waals surface area contributed by atoms with Gasteiger partial charge in [0.05, 0.1) is 5.52 Å². The van der Waals surface area contributed by atoms with Crippen molar-refractivity contribution in [2.75, 3.05) is 0 Å². The number of benzene rings is 4. The molecule has 0 unspecified atom stereocenters. The monoisotopic (exact) mass is 575 g/mol. The van der Waals surface area contributed by atoms with Gasteiger partial charge in [-0.25, -0.2) is 0 Å². The molecule has 0 fully saturated rings. The maximum Gasteiger partial charge on any atom is 0.0711 e. The molecule has 31 heavy (non-hydrogen) atoms. The molecule has 0 amide bonds. The summed E-state index contributed by atoms with van der Waals surface area (Å²) < 4.78 is 4.33. The van der Waals surface area contributed by atoms with E-state index in [0.717, 1.165) is 22.1 Å². The minimum absolute atomic E-state index is 0. The van der Waals surface area contributed by atoms with E-state index in [2.05, 4.69) is 107 Å². The van der Waals surface area contributed by atoms with Gasteiger partial charge in [0.1, 0.15) is 0 Å². The van der Waals surface area contributed by atoms with Crippen LogP contribution in [0, 0.1) is 6.07 Å². The van der Waals surface area contributed by atoms with Gasteiger partial charge in [-0.15, -0.1) is 6.07 Å². The van der Waals surface area contributed by atoms with E-state index in [1.165, 1.54) is 32.6 Å². The van der Waals surface area contributed by atoms with E-state index in [9.17, 15) is 0 Å². The quantitative estimate of drug-likeness (QED) is 0.161. The molecule has 0 spiro atoms. The SMILES string of the molecule is [Ir].[c-]1cc(-n2c3ccccc3c3ccccc32)cc2c3ccccc3c3ccnn3c12. The van der Waals surface area contributed by atoms with Gasteiger partial charge in [-0.3, -0.25) is 4.52 Å². The second-order valence-corrected chi connectivity index (χ2v) is 7.66. The largest absolute Gasteiger partial charge is 0.364 e. The summed E-state index contributed by atoms with van der Waals surface area (Å²) >= 11 is 0. The fraction of sp³-hybridized carbons (Fsp3) is 0. The van der Waals surface area contributed by atoms with Crippen molar-refractivity contribution >= 4 is 49.0 Å². The second kappa shape index (κ2) is 6.78. The number of fused-ring (bicyclic) bond motifs is 9. The smallest absolute Gasteiger partial charge is 0.0711 e. The molecule has 4 aromatic carbocycles. The first-order valence-corrected chi connectivity index (χ1v) is 10.1. The van der Waals surface area contributed by atoms with Gasteiger partial charge in [0.25, 0.3) is 0 Å². The molecule has 3 nitrogen and oxygen atoms in total. The van der Waals surface area contributed by atoms with Gasteiger partial charge in [0.15, 0.2) is 0 Å². The van der Waals surface area contributed by atoms with Crippen molar-refractivity contribution in [2.45, 2.75) is 0 Å². The molecule has 3 aromatic heterocycles. The van der Waals surface area contributed by atoms with Crippen LogP contribution >= 0.6 is 0 Å². The van der Waals surface area contributed by atoms with Crippen molar-refractivity contribution in [3.63, 3.8) is 0 Å². The molecule has 0 N–H and O–H groups in total. The van der Waals surface area contributed by atoms with Gasteiger partial charge in [-0.1, -0.05) is 77.1 Å². The van der Waals surface area contributed by atoms with E-state index in [1.807, 2.05) is 10.7 Å². The molecule has 7 rings (SSSR count). The van der Waals surface area contributed by atoms with Crippen LogP contribution in [0.4, 0.5) is 0 Å². The molecule has 0 bridgehead atoms. The molecule has 0 aliphatic rings. The molecule has 4 heteroatoms. The van der Waals surface area contributed by atoms with Crippen LogP contribution in [-0.2, 0) is 20.1 Å². The fourth-order valence-electron chi connectivity index (χ4n) is 4.82. The predicted molar refractivity (Wildman–Crippen MR) is 123 cm³/mol. The van der Waals surface area contributed by atoms with Crippen LogP contribution < -0.4 is 0 Å². The summed E-state index contributed by atoms with van der Waals surface area (Å²) in [6, 6.07) is 35.7. The number of pyridine rings is 1. The van der Waals surface area contributed by atoms with Gasteiger partial charge < -0.3 is 4.57 Å². The Morgan fingerprint density at radius 1 is 0.613 bits per heavy atom. The number of nitrogens with zero attached hydrogens (tertiary/aromatic N) is 3. The van der Waals surface area contributed by atoms with Gasteiger partial charge >= 0.3 is 0 Å². The minimum Gasteiger partial charge on any atom is -0.364 e. The Hall–Kier alpha value is -3.46. The molecule has 7 aromatic rings. The fourth-order valence-corrected chi connectivity index (χ4v) is 4.82. The minimum atomic E-state index is 0. The Morgan fingerprint density at radius 2 is 1.19 bits per heavy atom. The maximum absolute atomic E-state index is 4.57. The number of hydrogen-bond acceptors (Lipinski definition) is 1. The van der Waals surface area contributed by atoms with Gasteiger partial charge in [0.2, 0.25) is 0 Å². The average Bonchev–Trinajstić information content (AvgIpc) is 3.42.